The van der Waals surface area contributed by atoms with Crippen molar-refractivity contribution < 1.29 is 4.42 Å². The first-order valence-corrected chi connectivity index (χ1v) is 7.14. The zero-order chi connectivity index (χ0) is 13.1. The minimum Gasteiger partial charge on any atom is -0.443 e. The van der Waals surface area contributed by atoms with Crippen molar-refractivity contribution in [3.05, 3.63) is 38.9 Å². The van der Waals surface area contributed by atoms with Gasteiger partial charge in [0.1, 0.15) is 5.69 Å². The van der Waals surface area contributed by atoms with Crippen LogP contribution in [0.4, 0.5) is 0 Å². The highest BCUT2D eigenvalue weighted by atomic mass is 127. The van der Waals surface area contributed by atoms with Gasteiger partial charge in [-0.3, -0.25) is 0 Å². The minimum absolute atomic E-state index is 0.412. The van der Waals surface area contributed by atoms with E-state index in [1.54, 1.807) is 0 Å². The Bertz CT molecular complexity index is 540. The molecule has 0 fully saturated rings. The summed E-state index contributed by atoms with van der Waals surface area (Å²) in [5.74, 6) is 0.779. The van der Waals surface area contributed by atoms with Gasteiger partial charge in [-0.1, -0.05) is 31.5 Å². The number of nitrogens with one attached hydrogen (secondary N) is 1. The summed E-state index contributed by atoms with van der Waals surface area (Å²) in [7, 11) is 0. The third kappa shape index (κ3) is 3.24. The summed E-state index contributed by atoms with van der Waals surface area (Å²) in [4.78, 5) is 4.24. The Kier molecular flexibility index (Phi) is 4.64. The molecule has 0 aliphatic rings. The Morgan fingerprint density at radius 2 is 2.22 bits per heavy atom. The molecular weight excluding hydrogens is 363 g/mol. The Hall–Kier alpha value is -0.590. The first kappa shape index (κ1) is 13.8. The van der Waals surface area contributed by atoms with Crippen molar-refractivity contribution in [2.45, 2.75) is 26.4 Å². The van der Waals surface area contributed by atoms with Crippen LogP contribution in [0, 0.1) is 3.57 Å². The molecule has 0 bridgehead atoms. The van der Waals surface area contributed by atoms with E-state index in [1.807, 2.05) is 18.2 Å². The maximum absolute atomic E-state index is 6.13. The number of benzene rings is 1. The lowest BCUT2D eigenvalue weighted by molar-refractivity contribution is 0.563. The first-order valence-electron chi connectivity index (χ1n) is 5.69. The van der Waals surface area contributed by atoms with E-state index >= 15 is 0 Å². The third-order valence-corrected chi connectivity index (χ3v) is 4.07. The summed E-state index contributed by atoms with van der Waals surface area (Å²) in [5.41, 5.74) is 1.86. The third-order valence-electron chi connectivity index (χ3n) is 2.50. The van der Waals surface area contributed by atoms with Crippen LogP contribution in [-0.4, -0.2) is 11.0 Å². The monoisotopic (exact) mass is 376 g/mol. The zero-order valence-electron chi connectivity index (χ0n) is 10.2. The smallest absolute Gasteiger partial charge is 0.181 e. The summed E-state index contributed by atoms with van der Waals surface area (Å²) in [5, 5.41) is 4.06. The second-order valence-corrected chi connectivity index (χ2v) is 5.86. The van der Waals surface area contributed by atoms with E-state index in [1.165, 1.54) is 6.39 Å². The van der Waals surface area contributed by atoms with Crippen LogP contribution in [0.1, 0.15) is 19.5 Å². The van der Waals surface area contributed by atoms with Gasteiger partial charge in [-0.15, -0.1) is 0 Å². The fourth-order valence-corrected chi connectivity index (χ4v) is 2.08. The molecule has 2 rings (SSSR count). The Morgan fingerprint density at radius 1 is 1.44 bits per heavy atom. The number of oxazole rings is 1. The van der Waals surface area contributed by atoms with Crippen molar-refractivity contribution in [2.75, 3.05) is 0 Å². The normalized spacial score (nSPS) is 11.2. The summed E-state index contributed by atoms with van der Waals surface area (Å²) in [6.45, 7) is 4.89. The van der Waals surface area contributed by atoms with Crippen molar-refractivity contribution in [3.63, 3.8) is 0 Å². The fourth-order valence-electron chi connectivity index (χ4n) is 1.57. The molecule has 0 aliphatic carbocycles. The van der Waals surface area contributed by atoms with E-state index in [2.05, 4.69) is 46.7 Å². The molecule has 0 saturated heterocycles. The van der Waals surface area contributed by atoms with Crippen LogP contribution in [-0.2, 0) is 6.54 Å². The van der Waals surface area contributed by atoms with Crippen molar-refractivity contribution >= 4 is 34.2 Å². The van der Waals surface area contributed by atoms with E-state index in [-0.39, 0.29) is 0 Å². The summed E-state index contributed by atoms with van der Waals surface area (Å²) in [6, 6.07) is 6.28. The molecule has 0 unspecified atom stereocenters. The molecule has 0 aliphatic heterocycles. The highest BCUT2D eigenvalue weighted by Crippen LogP contribution is 2.28. The molecule has 18 heavy (non-hydrogen) atoms. The predicted octanol–water partition coefficient (Wildman–Crippen LogP) is 4.10. The van der Waals surface area contributed by atoms with E-state index in [0.29, 0.717) is 12.6 Å². The lowest BCUT2D eigenvalue weighted by Gasteiger charge is -2.07. The SMILES string of the molecule is CC(C)NCc1ncoc1-c1ccc(I)c(Cl)c1. The molecular formula is C13H14ClIN2O. The predicted molar refractivity (Wildman–Crippen MR) is 81.6 cm³/mol. The molecule has 0 saturated carbocycles. The quantitative estimate of drug-likeness (QED) is 0.817. The van der Waals surface area contributed by atoms with E-state index in [4.69, 9.17) is 16.0 Å². The van der Waals surface area contributed by atoms with Crippen LogP contribution in [0.25, 0.3) is 11.3 Å². The summed E-state index contributed by atoms with van der Waals surface area (Å²) in [6.07, 6.45) is 1.47. The number of rotatable bonds is 4. The molecule has 1 aromatic heterocycles. The van der Waals surface area contributed by atoms with Crippen LogP contribution < -0.4 is 5.32 Å². The molecule has 0 radical (unpaired) electrons. The molecule has 1 heterocycles. The van der Waals surface area contributed by atoms with Gasteiger partial charge in [0.15, 0.2) is 12.2 Å². The van der Waals surface area contributed by atoms with Gasteiger partial charge in [0.25, 0.3) is 0 Å². The van der Waals surface area contributed by atoms with Crippen LogP contribution >= 0.6 is 34.2 Å². The molecule has 3 nitrogen and oxygen atoms in total. The lowest BCUT2D eigenvalue weighted by atomic mass is 10.1. The van der Waals surface area contributed by atoms with Gasteiger partial charge in [-0.05, 0) is 34.7 Å². The van der Waals surface area contributed by atoms with Crippen molar-refractivity contribution in [2.24, 2.45) is 0 Å². The summed E-state index contributed by atoms with van der Waals surface area (Å²) < 4.78 is 6.49. The molecule has 1 N–H and O–H groups in total. The molecule has 0 atom stereocenters. The van der Waals surface area contributed by atoms with Gasteiger partial charge >= 0.3 is 0 Å². The molecule has 2 aromatic rings. The number of hydrogen-bond donors (Lipinski definition) is 1. The number of hydrogen-bond acceptors (Lipinski definition) is 3. The molecule has 0 spiro atoms. The van der Waals surface area contributed by atoms with E-state index in [9.17, 15) is 0 Å². The molecule has 5 heteroatoms. The molecule has 96 valence electrons. The lowest BCUT2D eigenvalue weighted by Crippen LogP contribution is -2.22. The Labute approximate surface area is 125 Å². The minimum atomic E-state index is 0.412. The van der Waals surface area contributed by atoms with Crippen molar-refractivity contribution in [1.82, 2.24) is 10.3 Å². The van der Waals surface area contributed by atoms with Gasteiger partial charge < -0.3 is 9.73 Å². The average Bonchev–Trinajstić information content (AvgIpc) is 2.78. The molecule has 0 amide bonds. The maximum atomic E-state index is 6.13. The first-order chi connectivity index (χ1) is 8.58. The van der Waals surface area contributed by atoms with Gasteiger partial charge in [0.05, 0.1) is 5.02 Å². The Morgan fingerprint density at radius 3 is 2.89 bits per heavy atom. The highest BCUT2D eigenvalue weighted by molar-refractivity contribution is 14.1. The van der Waals surface area contributed by atoms with Crippen LogP contribution in [0.15, 0.2) is 29.0 Å². The number of aromatic nitrogens is 1. The van der Waals surface area contributed by atoms with Crippen LogP contribution in [0.2, 0.25) is 5.02 Å². The van der Waals surface area contributed by atoms with Crippen molar-refractivity contribution in [1.29, 1.82) is 0 Å². The van der Waals surface area contributed by atoms with E-state index < -0.39 is 0 Å². The van der Waals surface area contributed by atoms with Gasteiger partial charge in [0, 0.05) is 21.7 Å². The number of nitrogens with zero attached hydrogens (tertiary/aromatic N) is 1. The van der Waals surface area contributed by atoms with Gasteiger partial charge in [0.2, 0.25) is 0 Å². The topological polar surface area (TPSA) is 38.1 Å². The van der Waals surface area contributed by atoms with Crippen molar-refractivity contribution in [3.8, 4) is 11.3 Å². The summed E-state index contributed by atoms with van der Waals surface area (Å²) >= 11 is 8.33. The highest BCUT2D eigenvalue weighted by Gasteiger charge is 2.12. The second kappa shape index (κ2) is 6.04. The van der Waals surface area contributed by atoms with Crippen LogP contribution in [0.5, 0.6) is 0 Å². The van der Waals surface area contributed by atoms with Gasteiger partial charge in [-0.25, -0.2) is 4.98 Å². The average molecular weight is 377 g/mol. The second-order valence-electron chi connectivity index (χ2n) is 4.29. The Balaban J connectivity index is 2.27. The maximum Gasteiger partial charge on any atom is 0.181 e. The van der Waals surface area contributed by atoms with Crippen LogP contribution in [0.3, 0.4) is 0 Å². The fraction of sp³-hybridized carbons (Fsp3) is 0.308. The largest absolute Gasteiger partial charge is 0.443 e. The van der Waals surface area contributed by atoms with E-state index in [0.717, 1.165) is 25.6 Å². The molecule has 1 aromatic carbocycles. The zero-order valence-corrected chi connectivity index (χ0v) is 13.1. The van der Waals surface area contributed by atoms with Gasteiger partial charge in [-0.2, -0.15) is 0 Å². The number of halogens is 2. The standard InChI is InChI=1S/C13H14ClIN2O/c1-8(2)16-6-12-13(18-7-17-12)9-3-4-11(15)10(14)5-9/h3-5,7-8,16H,6H2,1-2H3.